The fourth-order valence-corrected chi connectivity index (χ4v) is 2.93. The van der Waals surface area contributed by atoms with Crippen LogP contribution in [-0.4, -0.2) is 25.0 Å². The summed E-state index contributed by atoms with van der Waals surface area (Å²) in [6.45, 7) is 0.340. The number of carbonyl (C=O) groups excluding carboxylic acids is 1. The molecule has 0 aliphatic heterocycles. The van der Waals surface area contributed by atoms with Crippen molar-refractivity contribution in [2.45, 2.75) is 6.54 Å². The molecule has 3 nitrogen and oxygen atoms in total. The number of amides is 1. The van der Waals surface area contributed by atoms with Gasteiger partial charge in [-0.25, -0.2) is 4.39 Å². The van der Waals surface area contributed by atoms with Gasteiger partial charge in [-0.15, -0.1) is 11.3 Å². The quantitative estimate of drug-likeness (QED) is 0.829. The van der Waals surface area contributed by atoms with Gasteiger partial charge in [0, 0.05) is 19.0 Å². The van der Waals surface area contributed by atoms with Crippen molar-refractivity contribution in [1.82, 2.24) is 4.90 Å². The van der Waals surface area contributed by atoms with Crippen molar-refractivity contribution >= 4 is 33.2 Å². The third-order valence-electron chi connectivity index (χ3n) is 2.80. The van der Waals surface area contributed by atoms with Gasteiger partial charge in [-0.1, -0.05) is 6.07 Å². The van der Waals surface area contributed by atoms with Crippen LogP contribution in [0.1, 0.15) is 15.9 Å². The van der Waals surface area contributed by atoms with Gasteiger partial charge in [0.25, 0.3) is 5.91 Å². The van der Waals surface area contributed by atoms with E-state index in [-0.39, 0.29) is 11.7 Å². The molecule has 0 aliphatic carbocycles. The molecule has 0 N–H and O–H groups in total. The summed E-state index contributed by atoms with van der Waals surface area (Å²) in [5.74, 6) is -0.322. The molecule has 1 heterocycles. The fourth-order valence-electron chi connectivity index (χ4n) is 1.80. The molecule has 20 heavy (non-hydrogen) atoms. The summed E-state index contributed by atoms with van der Waals surface area (Å²) in [4.78, 5) is 13.7. The van der Waals surface area contributed by atoms with Gasteiger partial charge in [0.05, 0.1) is 16.5 Å². The number of methoxy groups -OCH3 is 1. The molecule has 106 valence electrons. The highest BCUT2D eigenvalue weighted by atomic mass is 79.9. The van der Waals surface area contributed by atoms with Crippen LogP contribution < -0.4 is 4.74 Å². The van der Waals surface area contributed by atoms with Crippen LogP contribution in [0.4, 0.5) is 4.39 Å². The maximum Gasteiger partial charge on any atom is 0.254 e. The zero-order valence-electron chi connectivity index (χ0n) is 11.0. The molecule has 0 aliphatic rings. The first-order valence-electron chi connectivity index (χ1n) is 5.83. The number of halogens is 2. The van der Waals surface area contributed by atoms with Gasteiger partial charge in [-0.3, -0.25) is 4.79 Å². The predicted molar refractivity (Wildman–Crippen MR) is 80.8 cm³/mol. The Morgan fingerprint density at radius 3 is 2.75 bits per heavy atom. The van der Waals surface area contributed by atoms with E-state index >= 15 is 0 Å². The van der Waals surface area contributed by atoms with Crippen LogP contribution in [0.25, 0.3) is 0 Å². The minimum Gasteiger partial charge on any atom is -0.494 e. The highest BCUT2D eigenvalue weighted by Gasteiger charge is 2.14. The number of carbonyl (C=O) groups is 1. The lowest BCUT2D eigenvalue weighted by atomic mass is 10.2. The Labute approximate surface area is 129 Å². The molecule has 0 saturated heterocycles. The van der Waals surface area contributed by atoms with Crippen molar-refractivity contribution in [2.75, 3.05) is 14.2 Å². The Kier molecular flexibility index (Phi) is 4.77. The summed E-state index contributed by atoms with van der Waals surface area (Å²) in [6, 6.07) is 6.46. The molecule has 2 aromatic rings. The highest BCUT2D eigenvalue weighted by Crippen LogP contribution is 2.23. The van der Waals surface area contributed by atoms with Crippen LogP contribution >= 0.6 is 27.3 Å². The van der Waals surface area contributed by atoms with E-state index in [1.165, 1.54) is 24.5 Å². The summed E-state index contributed by atoms with van der Waals surface area (Å²) in [6.07, 6.45) is 0. The molecule has 0 radical (unpaired) electrons. The summed E-state index contributed by atoms with van der Waals surface area (Å²) in [5, 5.41) is 1.79. The first-order valence-corrected chi connectivity index (χ1v) is 7.50. The lowest BCUT2D eigenvalue weighted by Crippen LogP contribution is -2.25. The van der Waals surface area contributed by atoms with Crippen LogP contribution in [0.15, 0.2) is 33.4 Å². The number of hydrogen-bond donors (Lipinski definition) is 0. The first kappa shape index (κ1) is 15.0. The van der Waals surface area contributed by atoms with Crippen molar-refractivity contribution in [1.29, 1.82) is 0 Å². The maximum absolute atomic E-state index is 13.6. The summed E-state index contributed by atoms with van der Waals surface area (Å²) < 4.78 is 19.4. The lowest BCUT2D eigenvalue weighted by Gasteiger charge is -2.17. The van der Waals surface area contributed by atoms with Gasteiger partial charge in [0.1, 0.15) is 0 Å². The molecule has 0 saturated carbocycles. The van der Waals surface area contributed by atoms with Gasteiger partial charge in [0.2, 0.25) is 0 Å². The Morgan fingerprint density at radius 1 is 1.45 bits per heavy atom. The predicted octanol–water partition coefficient (Wildman–Crippen LogP) is 3.93. The Hall–Kier alpha value is -1.40. The molecule has 1 aromatic carbocycles. The molecule has 0 fully saturated rings. The highest BCUT2D eigenvalue weighted by molar-refractivity contribution is 9.11. The van der Waals surface area contributed by atoms with Gasteiger partial charge in [0.15, 0.2) is 11.6 Å². The van der Waals surface area contributed by atoms with Crippen molar-refractivity contribution in [3.8, 4) is 5.75 Å². The van der Waals surface area contributed by atoms with E-state index in [0.717, 1.165) is 3.79 Å². The largest absolute Gasteiger partial charge is 0.494 e. The Balaban J connectivity index is 2.09. The van der Waals surface area contributed by atoms with Gasteiger partial charge in [-0.2, -0.15) is 0 Å². The van der Waals surface area contributed by atoms with Crippen molar-refractivity contribution in [3.63, 3.8) is 0 Å². The molecule has 2 rings (SSSR count). The molecule has 0 unspecified atom stereocenters. The molecule has 0 bridgehead atoms. The molecule has 0 atom stereocenters. The normalized spacial score (nSPS) is 10.4. The second-order valence-corrected chi connectivity index (χ2v) is 6.56. The van der Waals surface area contributed by atoms with E-state index in [4.69, 9.17) is 4.74 Å². The third-order valence-corrected chi connectivity index (χ3v) is 4.30. The third kappa shape index (κ3) is 3.37. The van der Waals surface area contributed by atoms with Crippen LogP contribution in [0.5, 0.6) is 5.75 Å². The zero-order valence-corrected chi connectivity index (χ0v) is 13.4. The fraction of sp³-hybridized carbons (Fsp3) is 0.214. The van der Waals surface area contributed by atoms with Crippen molar-refractivity contribution < 1.29 is 13.9 Å². The maximum atomic E-state index is 13.6. The van der Waals surface area contributed by atoms with Crippen LogP contribution in [0, 0.1) is 5.82 Å². The van der Waals surface area contributed by atoms with E-state index < -0.39 is 5.82 Å². The number of thiophene rings is 1. The number of ether oxygens (including phenoxy) is 1. The van der Waals surface area contributed by atoms with Crippen LogP contribution in [0.3, 0.4) is 0 Å². The SMILES string of the molecule is COc1ccc(CN(C)C(=O)c2csc(Br)c2)cc1F. The average molecular weight is 358 g/mol. The summed E-state index contributed by atoms with van der Waals surface area (Å²) >= 11 is 4.78. The first-order chi connectivity index (χ1) is 9.51. The number of rotatable bonds is 4. The Bertz CT molecular complexity index is 629. The monoisotopic (exact) mass is 357 g/mol. The van der Waals surface area contributed by atoms with E-state index in [1.54, 1.807) is 35.5 Å². The average Bonchev–Trinajstić information content (AvgIpc) is 2.84. The van der Waals surface area contributed by atoms with E-state index in [1.807, 2.05) is 0 Å². The minimum atomic E-state index is -0.427. The van der Waals surface area contributed by atoms with Gasteiger partial charge >= 0.3 is 0 Å². The van der Waals surface area contributed by atoms with Crippen molar-refractivity contribution in [2.24, 2.45) is 0 Å². The van der Waals surface area contributed by atoms with Crippen molar-refractivity contribution in [3.05, 3.63) is 50.4 Å². The van der Waals surface area contributed by atoms with Gasteiger partial charge < -0.3 is 9.64 Å². The Morgan fingerprint density at radius 2 is 2.20 bits per heavy atom. The summed E-state index contributed by atoms with van der Waals surface area (Å²) in [5.41, 5.74) is 1.34. The number of nitrogens with zero attached hydrogens (tertiary/aromatic N) is 1. The van der Waals surface area contributed by atoms with Crippen LogP contribution in [-0.2, 0) is 6.54 Å². The molecule has 1 amide bonds. The lowest BCUT2D eigenvalue weighted by molar-refractivity contribution is 0.0785. The molecular formula is C14H13BrFNO2S. The smallest absolute Gasteiger partial charge is 0.254 e. The van der Waals surface area contributed by atoms with E-state index in [9.17, 15) is 9.18 Å². The molecule has 0 spiro atoms. The van der Waals surface area contributed by atoms with Gasteiger partial charge in [-0.05, 0) is 39.7 Å². The summed E-state index contributed by atoms with van der Waals surface area (Å²) in [7, 11) is 3.11. The topological polar surface area (TPSA) is 29.5 Å². The zero-order chi connectivity index (χ0) is 14.7. The molecular weight excluding hydrogens is 345 g/mol. The van der Waals surface area contributed by atoms with E-state index in [2.05, 4.69) is 15.9 Å². The minimum absolute atomic E-state index is 0.0943. The standard InChI is InChI=1S/C14H13BrFNO2S/c1-17(14(18)10-6-13(15)20-8-10)7-9-3-4-12(19-2)11(16)5-9/h3-6,8H,7H2,1-2H3. The molecule has 1 aromatic heterocycles. The second kappa shape index (κ2) is 6.37. The number of hydrogen-bond acceptors (Lipinski definition) is 3. The second-order valence-electron chi connectivity index (χ2n) is 4.27. The molecule has 6 heteroatoms. The van der Waals surface area contributed by atoms with Crippen LogP contribution in [0.2, 0.25) is 0 Å². The number of benzene rings is 1. The van der Waals surface area contributed by atoms with E-state index in [0.29, 0.717) is 17.7 Å².